The Morgan fingerprint density at radius 1 is 0.913 bits per heavy atom. The summed E-state index contributed by atoms with van der Waals surface area (Å²) in [5.41, 5.74) is 2.43. The number of aromatic nitrogens is 1. The maximum Gasteiger partial charge on any atom is 0.198 e. The third kappa shape index (κ3) is 3.51. The zero-order chi connectivity index (χ0) is 16.4. The number of benzene rings is 2. The molecule has 0 saturated heterocycles. The van der Waals surface area contributed by atoms with Crippen molar-refractivity contribution >= 4 is 37.6 Å². The van der Waals surface area contributed by atoms with Crippen LogP contribution in [-0.4, -0.2) is 15.9 Å². The van der Waals surface area contributed by atoms with E-state index in [2.05, 4.69) is 36.8 Å². The van der Waals surface area contributed by atoms with Gasteiger partial charge in [-0.1, -0.05) is 44.0 Å². The number of carbonyl (C=O) groups excluding carboxylic acids is 1. The lowest BCUT2D eigenvalue weighted by atomic mass is 10.0. The van der Waals surface area contributed by atoms with Crippen LogP contribution >= 0.6 is 31.9 Å². The van der Waals surface area contributed by atoms with Crippen molar-refractivity contribution in [2.75, 3.05) is 0 Å². The van der Waals surface area contributed by atoms with Gasteiger partial charge in [0.25, 0.3) is 0 Å². The fourth-order valence-electron chi connectivity index (χ4n) is 2.17. The molecular weight excluding hydrogens is 422 g/mol. The van der Waals surface area contributed by atoms with Gasteiger partial charge in [0.1, 0.15) is 5.75 Å². The Hall–Kier alpha value is -1.98. The molecule has 1 heterocycles. The minimum absolute atomic E-state index is 0.0461. The van der Waals surface area contributed by atoms with Crippen molar-refractivity contribution in [1.82, 2.24) is 4.98 Å². The normalized spacial score (nSPS) is 10.5. The van der Waals surface area contributed by atoms with Gasteiger partial charge in [-0.15, -0.1) is 0 Å². The molecule has 0 saturated carbocycles. The highest BCUT2D eigenvalue weighted by Gasteiger charge is 2.14. The molecule has 0 amide bonds. The first-order valence-corrected chi connectivity index (χ1v) is 8.38. The Labute approximate surface area is 150 Å². The van der Waals surface area contributed by atoms with E-state index in [1.54, 1.807) is 24.3 Å². The summed E-state index contributed by atoms with van der Waals surface area (Å²) in [4.78, 5) is 16.8. The predicted octanol–water partition coefficient (Wildman–Crippen LogP) is 5.21. The summed E-state index contributed by atoms with van der Waals surface area (Å²) in [7, 11) is 0. The Bertz CT molecular complexity index is 859. The van der Waals surface area contributed by atoms with Gasteiger partial charge in [-0.3, -0.25) is 9.78 Å². The van der Waals surface area contributed by atoms with E-state index in [4.69, 9.17) is 0 Å². The predicted molar refractivity (Wildman–Crippen MR) is 96.6 cm³/mol. The molecular formula is C18H11Br2NO2. The molecule has 0 fully saturated rings. The third-order valence-corrected chi connectivity index (χ3v) is 4.39. The van der Waals surface area contributed by atoms with Crippen LogP contribution in [0.5, 0.6) is 5.75 Å². The Kier molecular flexibility index (Phi) is 4.59. The Morgan fingerprint density at radius 2 is 1.61 bits per heavy atom. The largest absolute Gasteiger partial charge is 0.507 e. The number of nitrogens with zero attached hydrogens (tertiary/aromatic N) is 1. The van der Waals surface area contributed by atoms with Gasteiger partial charge >= 0.3 is 0 Å². The molecule has 1 aromatic heterocycles. The molecule has 0 spiro atoms. The van der Waals surface area contributed by atoms with Crippen molar-refractivity contribution in [2.24, 2.45) is 0 Å². The smallest absolute Gasteiger partial charge is 0.198 e. The molecule has 0 radical (unpaired) electrons. The number of halogens is 2. The summed E-state index contributed by atoms with van der Waals surface area (Å²) in [6, 6.07) is 16.1. The average Bonchev–Trinajstić information content (AvgIpc) is 2.57. The van der Waals surface area contributed by atoms with Crippen LogP contribution in [-0.2, 0) is 0 Å². The maximum absolute atomic E-state index is 12.5. The summed E-state index contributed by atoms with van der Waals surface area (Å²) >= 11 is 6.70. The van der Waals surface area contributed by atoms with Crippen LogP contribution in [0.1, 0.15) is 15.9 Å². The first-order valence-electron chi connectivity index (χ1n) is 6.80. The number of phenolic OH excluding ortho intramolecular Hbond substituents is 1. The van der Waals surface area contributed by atoms with Gasteiger partial charge in [-0.25, -0.2) is 0 Å². The van der Waals surface area contributed by atoms with Crippen LogP contribution in [0.4, 0.5) is 0 Å². The molecule has 114 valence electrons. The Morgan fingerprint density at radius 3 is 2.26 bits per heavy atom. The molecule has 5 heteroatoms. The molecule has 23 heavy (non-hydrogen) atoms. The summed E-state index contributed by atoms with van der Waals surface area (Å²) < 4.78 is 1.73. The summed E-state index contributed by atoms with van der Waals surface area (Å²) in [6.45, 7) is 0. The number of hydrogen-bond donors (Lipinski definition) is 1. The second-order valence-electron chi connectivity index (χ2n) is 4.93. The zero-order valence-corrected chi connectivity index (χ0v) is 15.0. The monoisotopic (exact) mass is 431 g/mol. The van der Waals surface area contributed by atoms with Crippen molar-refractivity contribution in [1.29, 1.82) is 0 Å². The topological polar surface area (TPSA) is 50.2 Å². The molecule has 0 bridgehead atoms. The summed E-state index contributed by atoms with van der Waals surface area (Å²) in [6.07, 6.45) is 1.53. The number of rotatable bonds is 3. The minimum Gasteiger partial charge on any atom is -0.507 e. The van der Waals surface area contributed by atoms with Crippen LogP contribution < -0.4 is 0 Å². The summed E-state index contributed by atoms with van der Waals surface area (Å²) in [5, 5.41) is 9.86. The first-order chi connectivity index (χ1) is 11.0. The highest BCUT2D eigenvalue weighted by molar-refractivity contribution is 9.10. The van der Waals surface area contributed by atoms with Crippen LogP contribution in [0.15, 0.2) is 69.7 Å². The second kappa shape index (κ2) is 6.64. The van der Waals surface area contributed by atoms with Gasteiger partial charge in [-0.2, -0.15) is 0 Å². The molecule has 3 rings (SSSR count). The quantitative estimate of drug-likeness (QED) is 0.578. The van der Waals surface area contributed by atoms with Crippen molar-refractivity contribution in [3.05, 3.63) is 80.9 Å². The van der Waals surface area contributed by atoms with E-state index < -0.39 is 0 Å². The SMILES string of the molecule is O=C(c1ccc(-c2ccc(Br)cc2)nc1)c1cc(Br)ccc1O. The fraction of sp³-hybridized carbons (Fsp3) is 0. The number of ketones is 1. The van der Waals surface area contributed by atoms with Gasteiger partial charge in [0.05, 0.1) is 11.3 Å². The molecule has 0 aliphatic heterocycles. The highest BCUT2D eigenvalue weighted by atomic mass is 79.9. The number of pyridine rings is 1. The van der Waals surface area contributed by atoms with E-state index >= 15 is 0 Å². The highest BCUT2D eigenvalue weighted by Crippen LogP contribution is 2.25. The first kappa shape index (κ1) is 15.9. The minimum atomic E-state index is -0.265. The average molecular weight is 433 g/mol. The van der Waals surface area contributed by atoms with Gasteiger partial charge in [0, 0.05) is 26.3 Å². The van der Waals surface area contributed by atoms with Crippen LogP contribution in [0.2, 0.25) is 0 Å². The standard InChI is InChI=1S/C18H11Br2NO2/c19-13-4-1-11(2-5-13)16-7-3-12(10-21-16)18(23)15-9-14(20)6-8-17(15)22/h1-10,22H. The molecule has 3 nitrogen and oxygen atoms in total. The lowest BCUT2D eigenvalue weighted by Crippen LogP contribution is -2.02. The molecule has 0 unspecified atom stereocenters. The van der Waals surface area contributed by atoms with Gasteiger partial charge in [0.2, 0.25) is 0 Å². The molecule has 1 N–H and O–H groups in total. The molecule has 2 aromatic carbocycles. The number of hydrogen-bond acceptors (Lipinski definition) is 3. The number of aromatic hydroxyl groups is 1. The Balaban J connectivity index is 1.91. The number of carbonyl (C=O) groups is 1. The lowest BCUT2D eigenvalue weighted by molar-refractivity contribution is 0.103. The maximum atomic E-state index is 12.5. The number of phenols is 1. The zero-order valence-electron chi connectivity index (χ0n) is 11.8. The van der Waals surface area contributed by atoms with Gasteiger partial charge < -0.3 is 5.11 Å². The van der Waals surface area contributed by atoms with E-state index in [0.717, 1.165) is 20.2 Å². The van der Waals surface area contributed by atoms with Crippen molar-refractivity contribution in [3.8, 4) is 17.0 Å². The van der Waals surface area contributed by atoms with E-state index in [1.165, 1.54) is 12.3 Å². The lowest BCUT2D eigenvalue weighted by Gasteiger charge is -2.06. The summed E-state index contributed by atoms with van der Waals surface area (Å²) in [5.74, 6) is -0.311. The third-order valence-electron chi connectivity index (χ3n) is 3.37. The van der Waals surface area contributed by atoms with Gasteiger partial charge in [0.15, 0.2) is 5.78 Å². The molecule has 0 aliphatic carbocycles. The van der Waals surface area contributed by atoms with Crippen molar-refractivity contribution in [2.45, 2.75) is 0 Å². The van der Waals surface area contributed by atoms with Gasteiger partial charge in [-0.05, 0) is 42.5 Å². The van der Waals surface area contributed by atoms with E-state index in [-0.39, 0.29) is 17.1 Å². The van der Waals surface area contributed by atoms with Crippen LogP contribution in [0.25, 0.3) is 11.3 Å². The molecule has 0 atom stereocenters. The van der Waals surface area contributed by atoms with Crippen LogP contribution in [0.3, 0.4) is 0 Å². The van der Waals surface area contributed by atoms with E-state index in [0.29, 0.717) is 5.56 Å². The van der Waals surface area contributed by atoms with Crippen molar-refractivity contribution in [3.63, 3.8) is 0 Å². The molecule has 3 aromatic rings. The molecule has 0 aliphatic rings. The second-order valence-corrected chi connectivity index (χ2v) is 6.76. The fourth-order valence-corrected chi connectivity index (χ4v) is 2.79. The van der Waals surface area contributed by atoms with Crippen molar-refractivity contribution < 1.29 is 9.90 Å². The van der Waals surface area contributed by atoms with Crippen LogP contribution in [0, 0.1) is 0 Å². The van der Waals surface area contributed by atoms with E-state index in [1.807, 2.05) is 24.3 Å². The van der Waals surface area contributed by atoms with E-state index in [9.17, 15) is 9.90 Å².